The second-order valence-corrected chi connectivity index (χ2v) is 4.43. The van der Waals surface area contributed by atoms with Gasteiger partial charge in [-0.25, -0.2) is 8.78 Å². The molecule has 0 bridgehead atoms. The minimum atomic E-state index is -2.34. The van der Waals surface area contributed by atoms with E-state index in [1.165, 1.54) is 4.90 Å². The van der Waals surface area contributed by atoms with Gasteiger partial charge < -0.3 is 16.0 Å². The van der Waals surface area contributed by atoms with Gasteiger partial charge >= 0.3 is 0 Å². The molecule has 19 heavy (non-hydrogen) atoms. The van der Waals surface area contributed by atoms with Gasteiger partial charge in [-0.2, -0.15) is 0 Å². The van der Waals surface area contributed by atoms with Crippen molar-refractivity contribution >= 4 is 17.3 Å². The summed E-state index contributed by atoms with van der Waals surface area (Å²) in [6.45, 7) is 0.207. The SMILES string of the molecule is CN(CCCC(=O)Nc1ccc(N)cc1)CC(F)F. The van der Waals surface area contributed by atoms with Gasteiger partial charge in [0.15, 0.2) is 0 Å². The average molecular weight is 271 g/mol. The molecule has 3 N–H and O–H groups in total. The number of anilines is 2. The summed E-state index contributed by atoms with van der Waals surface area (Å²) in [7, 11) is 1.62. The molecule has 0 aromatic heterocycles. The van der Waals surface area contributed by atoms with Crippen molar-refractivity contribution in [2.45, 2.75) is 19.3 Å². The van der Waals surface area contributed by atoms with E-state index in [9.17, 15) is 13.6 Å². The number of nitrogen functional groups attached to an aromatic ring is 1. The van der Waals surface area contributed by atoms with Gasteiger partial charge in [0, 0.05) is 17.8 Å². The van der Waals surface area contributed by atoms with Crippen LogP contribution in [0.1, 0.15) is 12.8 Å². The Bertz CT molecular complexity index is 395. The van der Waals surface area contributed by atoms with Gasteiger partial charge in [0.2, 0.25) is 5.91 Å². The Morgan fingerprint density at radius 1 is 1.37 bits per heavy atom. The molecule has 1 amide bonds. The normalized spacial score (nSPS) is 11.0. The number of alkyl halides is 2. The summed E-state index contributed by atoms with van der Waals surface area (Å²) in [5.41, 5.74) is 6.84. The highest BCUT2D eigenvalue weighted by molar-refractivity contribution is 5.90. The Morgan fingerprint density at radius 3 is 2.58 bits per heavy atom. The summed E-state index contributed by atoms with van der Waals surface area (Å²) >= 11 is 0. The van der Waals surface area contributed by atoms with E-state index in [0.29, 0.717) is 30.8 Å². The number of nitrogens with one attached hydrogen (secondary N) is 1. The fourth-order valence-electron chi connectivity index (χ4n) is 1.63. The van der Waals surface area contributed by atoms with Crippen LogP contribution in [0.4, 0.5) is 20.2 Å². The molecule has 0 saturated heterocycles. The van der Waals surface area contributed by atoms with Crippen LogP contribution in [0.25, 0.3) is 0 Å². The molecule has 106 valence electrons. The van der Waals surface area contributed by atoms with Crippen LogP contribution in [-0.2, 0) is 4.79 Å². The fraction of sp³-hybridized carbons (Fsp3) is 0.462. The number of nitrogens with two attached hydrogens (primary N) is 1. The second kappa shape index (κ2) is 7.68. The lowest BCUT2D eigenvalue weighted by Crippen LogP contribution is -2.26. The molecule has 0 aliphatic carbocycles. The molecule has 0 atom stereocenters. The molecular weight excluding hydrogens is 252 g/mol. The van der Waals surface area contributed by atoms with E-state index in [0.717, 1.165) is 0 Å². The Kier molecular flexibility index (Phi) is 6.21. The highest BCUT2D eigenvalue weighted by Crippen LogP contribution is 2.11. The van der Waals surface area contributed by atoms with E-state index in [1.807, 2.05) is 0 Å². The van der Waals surface area contributed by atoms with Crippen molar-refractivity contribution < 1.29 is 13.6 Å². The summed E-state index contributed by atoms with van der Waals surface area (Å²) in [5.74, 6) is -0.129. The predicted octanol–water partition coefficient (Wildman–Crippen LogP) is 2.18. The first-order valence-electron chi connectivity index (χ1n) is 6.09. The number of halogens is 2. The number of amides is 1. The average Bonchev–Trinajstić information content (AvgIpc) is 2.31. The number of hydrogen-bond acceptors (Lipinski definition) is 3. The van der Waals surface area contributed by atoms with Crippen LogP contribution in [0.3, 0.4) is 0 Å². The summed E-state index contributed by atoms with van der Waals surface area (Å²) < 4.78 is 24.1. The van der Waals surface area contributed by atoms with Crippen molar-refractivity contribution in [2.24, 2.45) is 0 Å². The molecule has 0 aliphatic rings. The van der Waals surface area contributed by atoms with Gasteiger partial charge in [-0.05, 0) is 44.3 Å². The molecule has 0 saturated carbocycles. The van der Waals surface area contributed by atoms with E-state index in [-0.39, 0.29) is 12.5 Å². The van der Waals surface area contributed by atoms with Crippen LogP contribution in [0.15, 0.2) is 24.3 Å². The van der Waals surface area contributed by atoms with Gasteiger partial charge in [-0.3, -0.25) is 4.79 Å². The van der Waals surface area contributed by atoms with E-state index in [1.54, 1.807) is 31.3 Å². The monoisotopic (exact) mass is 271 g/mol. The number of benzene rings is 1. The highest BCUT2D eigenvalue weighted by atomic mass is 19.3. The maximum absolute atomic E-state index is 12.1. The lowest BCUT2D eigenvalue weighted by molar-refractivity contribution is -0.116. The summed E-state index contributed by atoms with van der Waals surface area (Å²) in [6.07, 6.45) is -1.49. The molecule has 0 spiro atoms. The maximum Gasteiger partial charge on any atom is 0.251 e. The number of nitrogens with zero attached hydrogens (tertiary/aromatic N) is 1. The third kappa shape index (κ3) is 6.71. The number of hydrogen-bond donors (Lipinski definition) is 2. The van der Waals surface area contributed by atoms with Crippen molar-refractivity contribution in [1.29, 1.82) is 0 Å². The molecule has 6 heteroatoms. The van der Waals surface area contributed by atoms with Gasteiger partial charge in [-0.15, -0.1) is 0 Å². The van der Waals surface area contributed by atoms with Gasteiger partial charge in [-0.1, -0.05) is 0 Å². The van der Waals surface area contributed by atoms with Crippen molar-refractivity contribution in [3.8, 4) is 0 Å². The predicted molar refractivity (Wildman–Crippen MR) is 72.2 cm³/mol. The number of carbonyl (C=O) groups excluding carboxylic acids is 1. The van der Waals surface area contributed by atoms with Crippen molar-refractivity contribution in [1.82, 2.24) is 4.90 Å². The number of carbonyl (C=O) groups is 1. The van der Waals surface area contributed by atoms with Crippen LogP contribution in [0.5, 0.6) is 0 Å². The van der Waals surface area contributed by atoms with Gasteiger partial charge in [0.05, 0.1) is 6.54 Å². The van der Waals surface area contributed by atoms with Crippen LogP contribution in [0.2, 0.25) is 0 Å². The third-order valence-corrected chi connectivity index (χ3v) is 2.59. The largest absolute Gasteiger partial charge is 0.399 e. The van der Waals surface area contributed by atoms with Crippen LogP contribution < -0.4 is 11.1 Å². The third-order valence-electron chi connectivity index (χ3n) is 2.59. The lowest BCUT2D eigenvalue weighted by atomic mass is 10.2. The Balaban J connectivity index is 2.23. The maximum atomic E-state index is 12.1. The Labute approximate surface area is 111 Å². The van der Waals surface area contributed by atoms with Crippen LogP contribution >= 0.6 is 0 Å². The zero-order valence-electron chi connectivity index (χ0n) is 10.9. The molecule has 1 aromatic rings. The second-order valence-electron chi connectivity index (χ2n) is 4.43. The van der Waals surface area contributed by atoms with Crippen LogP contribution in [-0.4, -0.2) is 37.4 Å². The van der Waals surface area contributed by atoms with E-state index >= 15 is 0 Å². The first-order valence-corrected chi connectivity index (χ1v) is 6.09. The molecule has 0 fully saturated rings. The lowest BCUT2D eigenvalue weighted by Gasteiger charge is -2.15. The smallest absolute Gasteiger partial charge is 0.251 e. The minimum absolute atomic E-state index is 0.129. The summed E-state index contributed by atoms with van der Waals surface area (Å²) in [6, 6.07) is 6.84. The zero-order valence-corrected chi connectivity index (χ0v) is 10.9. The molecule has 4 nitrogen and oxygen atoms in total. The summed E-state index contributed by atoms with van der Waals surface area (Å²) in [4.78, 5) is 13.1. The first kappa shape index (κ1) is 15.4. The molecule has 0 aliphatic heterocycles. The van der Waals surface area contributed by atoms with Gasteiger partial charge in [0.25, 0.3) is 6.43 Å². The highest BCUT2D eigenvalue weighted by Gasteiger charge is 2.08. The van der Waals surface area contributed by atoms with E-state index in [2.05, 4.69) is 5.32 Å². The quantitative estimate of drug-likeness (QED) is 0.747. The topological polar surface area (TPSA) is 58.4 Å². The Morgan fingerprint density at radius 2 is 2.00 bits per heavy atom. The number of rotatable bonds is 7. The van der Waals surface area contributed by atoms with Crippen molar-refractivity contribution in [3.05, 3.63) is 24.3 Å². The zero-order chi connectivity index (χ0) is 14.3. The molecule has 1 aromatic carbocycles. The minimum Gasteiger partial charge on any atom is -0.399 e. The molecular formula is C13H19F2N3O. The molecule has 0 heterocycles. The molecule has 1 rings (SSSR count). The molecule has 0 unspecified atom stereocenters. The van der Waals surface area contributed by atoms with Crippen LogP contribution in [0, 0.1) is 0 Å². The Hall–Kier alpha value is -1.69. The standard InChI is InChI=1S/C13H19F2N3O/c1-18(9-12(14)15)8-2-3-13(19)17-11-6-4-10(16)5-7-11/h4-7,12H,2-3,8-9,16H2,1H3,(H,17,19). The summed E-state index contributed by atoms with van der Waals surface area (Å²) in [5, 5.41) is 2.72. The van der Waals surface area contributed by atoms with Gasteiger partial charge in [0.1, 0.15) is 0 Å². The van der Waals surface area contributed by atoms with E-state index < -0.39 is 6.43 Å². The van der Waals surface area contributed by atoms with Crippen molar-refractivity contribution in [3.63, 3.8) is 0 Å². The fourth-order valence-corrected chi connectivity index (χ4v) is 1.63. The van der Waals surface area contributed by atoms with E-state index in [4.69, 9.17) is 5.73 Å². The molecule has 0 radical (unpaired) electrons. The van der Waals surface area contributed by atoms with Crippen molar-refractivity contribution in [2.75, 3.05) is 31.2 Å². The first-order chi connectivity index (χ1) is 8.97.